The van der Waals surface area contributed by atoms with Crippen molar-refractivity contribution in [2.75, 3.05) is 19.0 Å². The molecule has 3 aromatic heterocycles. The van der Waals surface area contributed by atoms with E-state index in [1.54, 1.807) is 34.9 Å². The van der Waals surface area contributed by atoms with Gasteiger partial charge >= 0.3 is 6.09 Å². The fourth-order valence-electron chi connectivity index (χ4n) is 3.95. The molecule has 3 heterocycles. The number of aliphatic hydroxyl groups is 1. The molecule has 0 radical (unpaired) electrons. The van der Waals surface area contributed by atoms with Crippen LogP contribution in [0, 0.1) is 12.7 Å². The minimum Gasteiger partial charge on any atom is -0.484 e. The predicted molar refractivity (Wildman–Crippen MR) is 157 cm³/mol. The van der Waals surface area contributed by atoms with Crippen molar-refractivity contribution in [1.29, 1.82) is 0 Å². The Balaban J connectivity index is 1.27. The van der Waals surface area contributed by atoms with Gasteiger partial charge in [-0.05, 0) is 31.5 Å². The fraction of sp³-hybridized carbons (Fsp3) is 0.231. The number of nitrogens with zero attached hydrogens (tertiary/aromatic N) is 5. The van der Waals surface area contributed by atoms with Crippen molar-refractivity contribution >= 4 is 60.1 Å². The summed E-state index contributed by atoms with van der Waals surface area (Å²) in [5.41, 5.74) is 3.86. The number of rotatable bonds is 8. The molecule has 41 heavy (non-hydrogen) atoms. The number of aryl methyl sites for hydroxylation is 1. The van der Waals surface area contributed by atoms with Crippen LogP contribution >= 0.6 is 11.3 Å². The predicted octanol–water partition coefficient (Wildman–Crippen LogP) is 2.54. The van der Waals surface area contributed by atoms with Gasteiger partial charge in [0.15, 0.2) is 11.6 Å². The number of halogens is 1. The van der Waals surface area contributed by atoms with Gasteiger partial charge in [-0.2, -0.15) is 0 Å². The van der Waals surface area contributed by atoms with E-state index in [1.165, 1.54) is 36.9 Å². The van der Waals surface area contributed by atoms with E-state index in [2.05, 4.69) is 30.2 Å². The molecule has 0 fully saturated rings. The average Bonchev–Trinajstić information content (AvgIpc) is 3.33. The first-order chi connectivity index (χ1) is 19.5. The first kappa shape index (κ1) is 28.2. The van der Waals surface area contributed by atoms with Crippen LogP contribution in [0.5, 0.6) is 11.6 Å². The van der Waals surface area contributed by atoms with Crippen molar-refractivity contribution in [2.45, 2.75) is 25.4 Å². The number of thiazole rings is 1. The SMILES string of the molecule is BC(B)(O)c1ncc(NC(=O)OCC(C)Oc2cc3sc(-c4cc(C)cc5nc(OC)cnc45)nc3cc2F)cn1. The molecular weight excluding hydrogens is 549 g/mol. The number of anilines is 1. The molecule has 0 bridgehead atoms. The molecule has 0 saturated heterocycles. The number of carbonyl (C=O) groups excluding carboxylic acids is 1. The fourth-order valence-corrected chi connectivity index (χ4v) is 4.94. The highest BCUT2D eigenvalue weighted by molar-refractivity contribution is 7.21. The van der Waals surface area contributed by atoms with E-state index in [4.69, 9.17) is 14.2 Å². The highest BCUT2D eigenvalue weighted by Gasteiger charge is 2.20. The largest absolute Gasteiger partial charge is 0.484 e. The molecule has 0 spiro atoms. The van der Waals surface area contributed by atoms with Gasteiger partial charge in [-0.1, -0.05) is 0 Å². The van der Waals surface area contributed by atoms with E-state index in [0.717, 1.165) is 11.1 Å². The summed E-state index contributed by atoms with van der Waals surface area (Å²) in [6.07, 6.45) is 2.86. The number of hydrogen-bond acceptors (Lipinski definition) is 11. The summed E-state index contributed by atoms with van der Waals surface area (Å²) in [6.45, 7) is 3.47. The lowest BCUT2D eigenvalue weighted by Gasteiger charge is -2.16. The number of aromatic nitrogens is 5. The number of ether oxygens (including phenoxy) is 3. The molecule has 208 valence electrons. The Morgan fingerprint density at radius 1 is 1.12 bits per heavy atom. The topological polar surface area (TPSA) is 141 Å². The number of carbonyl (C=O) groups is 1. The lowest BCUT2D eigenvalue weighted by atomic mass is 9.65. The van der Waals surface area contributed by atoms with Gasteiger partial charge in [0, 0.05) is 17.7 Å². The third-order valence-electron chi connectivity index (χ3n) is 5.87. The average molecular weight is 574 g/mol. The number of methoxy groups -OCH3 is 1. The molecule has 5 rings (SSSR count). The van der Waals surface area contributed by atoms with Crippen LogP contribution in [0.3, 0.4) is 0 Å². The molecular formula is C26H25B2FN6O5S. The van der Waals surface area contributed by atoms with E-state index in [0.29, 0.717) is 37.8 Å². The van der Waals surface area contributed by atoms with Gasteiger partial charge in [0.1, 0.15) is 39.2 Å². The van der Waals surface area contributed by atoms with Crippen LogP contribution in [0.25, 0.3) is 31.8 Å². The molecule has 2 aromatic carbocycles. The van der Waals surface area contributed by atoms with E-state index in [1.807, 2.05) is 19.1 Å². The first-order valence-corrected chi connectivity index (χ1v) is 13.4. The molecule has 1 unspecified atom stereocenters. The van der Waals surface area contributed by atoms with Crippen LogP contribution in [-0.4, -0.2) is 71.6 Å². The third-order valence-corrected chi connectivity index (χ3v) is 6.92. The molecule has 0 aliphatic carbocycles. The molecule has 0 aliphatic heterocycles. The van der Waals surface area contributed by atoms with Gasteiger partial charge in [0.05, 0.1) is 58.0 Å². The number of benzene rings is 2. The van der Waals surface area contributed by atoms with E-state index < -0.39 is 23.4 Å². The lowest BCUT2D eigenvalue weighted by Crippen LogP contribution is -2.29. The van der Waals surface area contributed by atoms with Gasteiger partial charge < -0.3 is 19.3 Å². The van der Waals surface area contributed by atoms with Gasteiger partial charge in [0.25, 0.3) is 0 Å². The molecule has 0 saturated carbocycles. The standard InChI is InChI=1S/C26H25B2FN6O5S/c1-12-4-15(22-18(5-12)34-21(38-3)10-30-22)23-35-17-6-16(29)19(7-20(17)41-23)40-13(2)11-39-25(36)33-14-8-31-24(32-9-14)26(27,28)37/h4-10,13,37H,11,27-28H2,1-3H3,(H,33,36). The Morgan fingerprint density at radius 3 is 2.59 bits per heavy atom. The van der Waals surface area contributed by atoms with Gasteiger partial charge in [-0.25, -0.2) is 34.1 Å². The number of nitrogens with one attached hydrogen (secondary N) is 1. The molecule has 15 heteroatoms. The second-order valence-corrected chi connectivity index (χ2v) is 10.9. The second kappa shape index (κ2) is 11.3. The van der Waals surface area contributed by atoms with Crippen molar-refractivity contribution < 1.29 is 28.5 Å². The maximum Gasteiger partial charge on any atom is 0.411 e. The van der Waals surface area contributed by atoms with Crippen molar-refractivity contribution in [2.24, 2.45) is 0 Å². The number of hydrogen-bond donors (Lipinski definition) is 2. The highest BCUT2D eigenvalue weighted by Crippen LogP contribution is 2.37. The smallest absolute Gasteiger partial charge is 0.411 e. The minimum absolute atomic E-state index is 0.0124. The molecule has 1 amide bonds. The maximum atomic E-state index is 14.9. The second-order valence-electron chi connectivity index (χ2n) is 9.87. The van der Waals surface area contributed by atoms with Crippen molar-refractivity contribution in [3.05, 3.63) is 60.1 Å². The first-order valence-electron chi connectivity index (χ1n) is 12.6. The van der Waals surface area contributed by atoms with Gasteiger partial charge in [0.2, 0.25) is 5.88 Å². The summed E-state index contributed by atoms with van der Waals surface area (Å²) in [7, 11) is 4.64. The van der Waals surface area contributed by atoms with E-state index in [9.17, 15) is 14.3 Å². The molecule has 11 nitrogen and oxygen atoms in total. The zero-order chi connectivity index (χ0) is 29.3. The van der Waals surface area contributed by atoms with Crippen LogP contribution < -0.4 is 14.8 Å². The van der Waals surface area contributed by atoms with Crippen LogP contribution in [-0.2, 0) is 10.1 Å². The summed E-state index contributed by atoms with van der Waals surface area (Å²) in [6, 6.07) is 6.78. The van der Waals surface area contributed by atoms with Crippen LogP contribution in [0.15, 0.2) is 42.9 Å². The molecule has 1 atom stereocenters. The lowest BCUT2D eigenvalue weighted by molar-refractivity contribution is 0.0969. The zero-order valence-electron chi connectivity index (χ0n) is 22.9. The molecule has 0 aliphatic rings. The molecule has 5 aromatic rings. The zero-order valence-corrected chi connectivity index (χ0v) is 23.7. The van der Waals surface area contributed by atoms with Crippen molar-refractivity contribution in [1.82, 2.24) is 24.9 Å². The van der Waals surface area contributed by atoms with Crippen LogP contribution in [0.4, 0.5) is 14.9 Å². The summed E-state index contributed by atoms with van der Waals surface area (Å²) < 4.78 is 31.8. The number of amides is 1. The third kappa shape index (κ3) is 6.36. The van der Waals surface area contributed by atoms with Crippen LogP contribution in [0.2, 0.25) is 0 Å². The van der Waals surface area contributed by atoms with Gasteiger partial charge in [-0.15, -0.1) is 11.3 Å². The normalized spacial score (nSPS) is 12.3. The quantitative estimate of drug-likeness (QED) is 0.266. The van der Waals surface area contributed by atoms with Gasteiger partial charge in [-0.3, -0.25) is 5.32 Å². The number of fused-ring (bicyclic) bond motifs is 2. The maximum absolute atomic E-state index is 14.9. The molecule has 2 N–H and O–H groups in total. The van der Waals surface area contributed by atoms with Crippen LogP contribution in [0.1, 0.15) is 18.3 Å². The highest BCUT2D eigenvalue weighted by atomic mass is 32.1. The Morgan fingerprint density at radius 2 is 1.88 bits per heavy atom. The summed E-state index contributed by atoms with van der Waals surface area (Å²) >= 11 is 1.38. The Kier molecular flexibility index (Phi) is 7.74. The van der Waals surface area contributed by atoms with Crippen molar-refractivity contribution in [3.63, 3.8) is 0 Å². The monoisotopic (exact) mass is 574 g/mol. The van der Waals surface area contributed by atoms with E-state index >= 15 is 0 Å². The van der Waals surface area contributed by atoms with Crippen molar-refractivity contribution in [3.8, 4) is 22.2 Å². The Labute approximate surface area is 240 Å². The summed E-state index contributed by atoms with van der Waals surface area (Å²) in [5, 5.41) is 11.9. The summed E-state index contributed by atoms with van der Waals surface area (Å²) in [5.74, 6) is 0.0477. The minimum atomic E-state index is -1.21. The Hall–Kier alpha value is -4.36. The van der Waals surface area contributed by atoms with E-state index in [-0.39, 0.29) is 18.2 Å². The summed E-state index contributed by atoms with van der Waals surface area (Å²) in [4.78, 5) is 33.9. The Bertz CT molecular complexity index is 1750.